The van der Waals surface area contributed by atoms with Gasteiger partial charge >= 0.3 is 0 Å². The van der Waals surface area contributed by atoms with Gasteiger partial charge in [0.05, 0.1) is 15.5 Å². The van der Waals surface area contributed by atoms with Gasteiger partial charge in [-0.15, -0.1) is 0 Å². The van der Waals surface area contributed by atoms with E-state index < -0.39 is 14.9 Å². The Morgan fingerprint density at radius 1 is 1.10 bits per heavy atom. The van der Waals surface area contributed by atoms with Gasteiger partial charge in [0.25, 0.3) is 15.7 Å². The van der Waals surface area contributed by atoms with E-state index in [4.69, 9.17) is 0 Å². The minimum Gasteiger partial charge on any atom is -0.278 e. The van der Waals surface area contributed by atoms with Crippen molar-refractivity contribution in [3.05, 3.63) is 61.5 Å². The molecule has 0 saturated carbocycles. The summed E-state index contributed by atoms with van der Waals surface area (Å²) in [4.78, 5) is 10.2. The Morgan fingerprint density at radius 2 is 1.81 bits per heavy atom. The van der Waals surface area contributed by atoms with Crippen LogP contribution in [0.5, 0.6) is 0 Å². The number of hydrogen-bond acceptors (Lipinski definition) is 4. The molecule has 6 nitrogen and oxygen atoms in total. The van der Waals surface area contributed by atoms with E-state index in [0.29, 0.717) is 4.47 Å². The van der Waals surface area contributed by atoms with Crippen molar-refractivity contribution in [3.8, 4) is 0 Å². The molecule has 0 fully saturated rings. The number of non-ortho nitro benzene ring substituents is 1. The Kier molecular flexibility index (Phi) is 4.64. The fraction of sp³-hybridized carbons (Fsp3) is 0. The summed E-state index contributed by atoms with van der Waals surface area (Å²) in [5, 5.41) is 10.6. The van der Waals surface area contributed by atoms with E-state index in [-0.39, 0.29) is 20.7 Å². The van der Waals surface area contributed by atoms with E-state index in [1.54, 1.807) is 12.1 Å². The topological polar surface area (TPSA) is 89.3 Å². The zero-order valence-corrected chi connectivity index (χ0v) is 14.3. The van der Waals surface area contributed by atoms with Gasteiger partial charge in [0.1, 0.15) is 0 Å². The molecule has 0 unspecified atom stereocenters. The lowest BCUT2D eigenvalue weighted by atomic mass is 10.3. The summed E-state index contributed by atoms with van der Waals surface area (Å²) in [6.07, 6.45) is 0. The number of nitrogens with zero attached hydrogens (tertiary/aromatic N) is 1. The van der Waals surface area contributed by atoms with Crippen LogP contribution in [0.2, 0.25) is 0 Å². The van der Waals surface area contributed by atoms with Gasteiger partial charge in [0.15, 0.2) is 0 Å². The molecule has 0 saturated heterocycles. The number of halogens is 2. The first-order valence-corrected chi connectivity index (χ1v) is 8.59. The number of nitro benzene ring substituents is 1. The third-order valence-electron chi connectivity index (χ3n) is 2.51. The van der Waals surface area contributed by atoms with E-state index >= 15 is 0 Å². The molecule has 2 rings (SSSR count). The second kappa shape index (κ2) is 6.12. The first kappa shape index (κ1) is 15.9. The Labute approximate surface area is 137 Å². The lowest BCUT2D eigenvalue weighted by Gasteiger charge is -2.10. The molecule has 0 bridgehead atoms. The molecule has 0 aliphatic rings. The van der Waals surface area contributed by atoms with Crippen molar-refractivity contribution in [2.45, 2.75) is 4.90 Å². The molecule has 2 aromatic carbocycles. The third-order valence-corrected chi connectivity index (χ3v) is 5.03. The van der Waals surface area contributed by atoms with Crippen LogP contribution in [0.4, 0.5) is 11.4 Å². The highest BCUT2D eigenvalue weighted by Crippen LogP contribution is 2.29. The number of hydrogen-bond donors (Lipinski definition) is 1. The van der Waals surface area contributed by atoms with Gasteiger partial charge in [0.2, 0.25) is 0 Å². The number of rotatable bonds is 4. The molecule has 2 aromatic rings. The van der Waals surface area contributed by atoms with E-state index in [1.165, 1.54) is 30.3 Å². The van der Waals surface area contributed by atoms with Gasteiger partial charge in [-0.2, -0.15) is 0 Å². The molecule has 0 spiro atoms. The van der Waals surface area contributed by atoms with Crippen LogP contribution in [0.25, 0.3) is 0 Å². The zero-order chi connectivity index (χ0) is 15.6. The van der Waals surface area contributed by atoms with Crippen LogP contribution in [0.1, 0.15) is 0 Å². The van der Waals surface area contributed by atoms with Gasteiger partial charge in [-0.1, -0.05) is 22.0 Å². The first-order chi connectivity index (χ1) is 9.79. The quantitative estimate of drug-likeness (QED) is 0.582. The monoisotopic (exact) mass is 434 g/mol. The fourth-order valence-electron chi connectivity index (χ4n) is 1.54. The standard InChI is InChI=1S/C12H8Br2N2O4S/c13-8-2-1-3-10(6-8)21(19,20)15-12-5-4-9(16(17)18)7-11(12)14/h1-7,15H. The SMILES string of the molecule is O=[N+]([O-])c1ccc(NS(=O)(=O)c2cccc(Br)c2)c(Br)c1. The van der Waals surface area contributed by atoms with Crippen molar-refractivity contribution in [3.63, 3.8) is 0 Å². The second-order valence-electron chi connectivity index (χ2n) is 3.98. The minimum atomic E-state index is -3.77. The molecule has 0 radical (unpaired) electrons. The number of nitro groups is 1. The molecular weight excluding hydrogens is 428 g/mol. The predicted octanol–water partition coefficient (Wildman–Crippen LogP) is 3.92. The van der Waals surface area contributed by atoms with Gasteiger partial charge in [-0.05, 0) is 40.2 Å². The van der Waals surface area contributed by atoms with Crippen LogP contribution in [0.15, 0.2) is 56.3 Å². The fourth-order valence-corrected chi connectivity index (χ4v) is 3.81. The number of anilines is 1. The van der Waals surface area contributed by atoms with Crippen molar-refractivity contribution in [2.75, 3.05) is 4.72 Å². The van der Waals surface area contributed by atoms with Crippen LogP contribution >= 0.6 is 31.9 Å². The summed E-state index contributed by atoms with van der Waals surface area (Å²) >= 11 is 6.32. The summed E-state index contributed by atoms with van der Waals surface area (Å²) in [6, 6.07) is 10.0. The summed E-state index contributed by atoms with van der Waals surface area (Å²) in [5.74, 6) is 0. The average molecular weight is 436 g/mol. The van der Waals surface area contributed by atoms with Gasteiger partial charge < -0.3 is 0 Å². The van der Waals surface area contributed by atoms with Crippen LogP contribution < -0.4 is 4.72 Å². The molecule has 0 aliphatic heterocycles. The van der Waals surface area contributed by atoms with Gasteiger partial charge in [-0.25, -0.2) is 8.42 Å². The van der Waals surface area contributed by atoms with Crippen molar-refractivity contribution in [1.29, 1.82) is 0 Å². The molecule has 9 heteroatoms. The summed E-state index contributed by atoms with van der Waals surface area (Å²) in [5.41, 5.74) is 0.0906. The second-order valence-corrected chi connectivity index (χ2v) is 7.44. The normalized spacial score (nSPS) is 11.1. The number of nitrogens with one attached hydrogen (secondary N) is 1. The molecule has 0 aromatic heterocycles. The van der Waals surface area contributed by atoms with Crippen molar-refractivity contribution < 1.29 is 13.3 Å². The molecule has 0 aliphatic carbocycles. The Balaban J connectivity index is 2.35. The molecule has 0 amide bonds. The lowest BCUT2D eigenvalue weighted by molar-refractivity contribution is -0.384. The molecule has 1 N–H and O–H groups in total. The molecule has 110 valence electrons. The summed E-state index contributed by atoms with van der Waals surface area (Å²) < 4.78 is 27.8. The smallest absolute Gasteiger partial charge is 0.270 e. The van der Waals surface area contributed by atoms with Crippen LogP contribution in [0, 0.1) is 10.1 Å². The van der Waals surface area contributed by atoms with E-state index in [9.17, 15) is 18.5 Å². The highest BCUT2D eigenvalue weighted by atomic mass is 79.9. The van der Waals surface area contributed by atoms with Crippen LogP contribution in [-0.4, -0.2) is 13.3 Å². The summed E-state index contributed by atoms with van der Waals surface area (Å²) in [7, 11) is -3.77. The van der Waals surface area contributed by atoms with Crippen molar-refractivity contribution in [1.82, 2.24) is 0 Å². The van der Waals surface area contributed by atoms with Gasteiger partial charge in [-0.3, -0.25) is 14.8 Å². The highest BCUT2D eigenvalue weighted by molar-refractivity contribution is 9.10. The first-order valence-electron chi connectivity index (χ1n) is 5.52. The van der Waals surface area contributed by atoms with E-state index in [2.05, 4.69) is 36.6 Å². The maximum atomic E-state index is 12.2. The average Bonchev–Trinajstić information content (AvgIpc) is 2.40. The molecular formula is C12H8Br2N2O4S. The van der Waals surface area contributed by atoms with Crippen molar-refractivity contribution in [2.24, 2.45) is 0 Å². The lowest BCUT2D eigenvalue weighted by Crippen LogP contribution is -2.13. The zero-order valence-electron chi connectivity index (χ0n) is 10.3. The maximum absolute atomic E-state index is 12.2. The largest absolute Gasteiger partial charge is 0.278 e. The predicted molar refractivity (Wildman–Crippen MR) is 85.7 cm³/mol. The van der Waals surface area contributed by atoms with E-state index in [1.807, 2.05) is 0 Å². The molecule has 0 heterocycles. The minimum absolute atomic E-state index is 0.0853. The number of benzene rings is 2. The maximum Gasteiger partial charge on any atom is 0.270 e. The number of sulfonamides is 1. The van der Waals surface area contributed by atoms with Gasteiger partial charge in [0, 0.05) is 21.1 Å². The molecule has 21 heavy (non-hydrogen) atoms. The Bertz CT molecular complexity index is 809. The Morgan fingerprint density at radius 3 is 2.38 bits per heavy atom. The van der Waals surface area contributed by atoms with Crippen LogP contribution in [0.3, 0.4) is 0 Å². The van der Waals surface area contributed by atoms with Crippen LogP contribution in [-0.2, 0) is 10.0 Å². The summed E-state index contributed by atoms with van der Waals surface area (Å²) in [6.45, 7) is 0. The molecule has 0 atom stereocenters. The van der Waals surface area contributed by atoms with Crippen molar-refractivity contribution >= 4 is 53.3 Å². The highest BCUT2D eigenvalue weighted by Gasteiger charge is 2.17. The third kappa shape index (κ3) is 3.80. The van der Waals surface area contributed by atoms with E-state index in [0.717, 1.165) is 0 Å². The Hall–Kier alpha value is -1.45.